The molecule has 0 aliphatic heterocycles. The van der Waals surface area contributed by atoms with Crippen LogP contribution in [0.25, 0.3) is 0 Å². The molecule has 0 aromatic heterocycles. The number of carbonyl (C=O) groups excluding carboxylic acids is 1. The summed E-state index contributed by atoms with van der Waals surface area (Å²) in [7, 11) is -3.56. The summed E-state index contributed by atoms with van der Waals surface area (Å²) < 4.78 is 26.7. The summed E-state index contributed by atoms with van der Waals surface area (Å²) in [5.74, 6) is -0.351. The van der Waals surface area contributed by atoms with Crippen molar-refractivity contribution in [3.8, 4) is 0 Å². The van der Waals surface area contributed by atoms with Crippen molar-refractivity contribution in [1.29, 1.82) is 0 Å². The summed E-state index contributed by atoms with van der Waals surface area (Å²) in [6, 6.07) is 5.18. The topological polar surface area (TPSA) is 95.5 Å². The summed E-state index contributed by atoms with van der Waals surface area (Å²) in [4.78, 5) is 11.9. The zero-order valence-corrected chi connectivity index (χ0v) is 13.3. The maximum absolute atomic E-state index is 12.1. The van der Waals surface area contributed by atoms with Crippen LogP contribution < -0.4 is 10.0 Å². The molecule has 7 heteroatoms. The number of hydrogen-bond acceptors (Lipinski definition) is 4. The fourth-order valence-corrected chi connectivity index (χ4v) is 2.88. The molecule has 0 saturated carbocycles. The zero-order chi connectivity index (χ0) is 16.0. The first-order valence-electron chi connectivity index (χ1n) is 6.84. The van der Waals surface area contributed by atoms with E-state index >= 15 is 0 Å². The average Bonchev–Trinajstić information content (AvgIpc) is 2.46. The number of nitrogens with one attached hydrogen (secondary N) is 2. The van der Waals surface area contributed by atoms with Gasteiger partial charge in [-0.1, -0.05) is 6.92 Å². The maximum Gasteiger partial charge on any atom is 0.251 e. The lowest BCUT2D eigenvalue weighted by atomic mass is 10.2. The second kappa shape index (κ2) is 7.53. The monoisotopic (exact) mass is 314 g/mol. The Labute approximate surface area is 125 Å². The number of aliphatic hydroxyl groups excluding tert-OH is 1. The smallest absolute Gasteiger partial charge is 0.251 e. The van der Waals surface area contributed by atoms with Crippen LogP contribution in [-0.4, -0.2) is 38.1 Å². The SMILES string of the molecule is CC[C@H](C)NS(=O)(=O)c1ccc(C(=O)N[C@@H](C)CO)cc1. The molecule has 0 radical (unpaired) electrons. The molecular formula is C14H22N2O4S. The molecule has 1 amide bonds. The van der Waals surface area contributed by atoms with E-state index in [9.17, 15) is 13.2 Å². The van der Waals surface area contributed by atoms with E-state index in [0.29, 0.717) is 12.0 Å². The lowest BCUT2D eigenvalue weighted by Crippen LogP contribution is -2.35. The van der Waals surface area contributed by atoms with Gasteiger partial charge in [0.05, 0.1) is 11.5 Å². The Balaban J connectivity index is 2.85. The van der Waals surface area contributed by atoms with Crippen molar-refractivity contribution < 1.29 is 18.3 Å². The van der Waals surface area contributed by atoms with Gasteiger partial charge in [-0.25, -0.2) is 13.1 Å². The first-order chi connectivity index (χ1) is 9.80. The predicted octanol–water partition coefficient (Wildman–Crippen LogP) is 0.874. The molecule has 0 unspecified atom stereocenters. The Hall–Kier alpha value is -1.44. The van der Waals surface area contributed by atoms with Gasteiger partial charge in [-0.15, -0.1) is 0 Å². The fourth-order valence-electron chi connectivity index (χ4n) is 1.55. The lowest BCUT2D eigenvalue weighted by molar-refractivity contribution is 0.0922. The molecule has 6 nitrogen and oxygen atoms in total. The minimum absolute atomic E-state index is 0.120. The van der Waals surface area contributed by atoms with Gasteiger partial charge in [-0.05, 0) is 44.5 Å². The average molecular weight is 314 g/mol. The number of amides is 1. The first kappa shape index (κ1) is 17.6. The number of rotatable bonds is 7. The largest absolute Gasteiger partial charge is 0.394 e. The molecule has 0 fully saturated rings. The molecule has 0 bridgehead atoms. The van der Waals surface area contributed by atoms with Crippen LogP contribution in [0.1, 0.15) is 37.6 Å². The highest BCUT2D eigenvalue weighted by atomic mass is 32.2. The number of benzene rings is 1. The van der Waals surface area contributed by atoms with Gasteiger partial charge < -0.3 is 10.4 Å². The maximum atomic E-state index is 12.1. The second-order valence-electron chi connectivity index (χ2n) is 5.01. The molecule has 0 heterocycles. The zero-order valence-electron chi connectivity index (χ0n) is 12.5. The van der Waals surface area contributed by atoms with Crippen LogP contribution in [0, 0.1) is 0 Å². The van der Waals surface area contributed by atoms with Crippen molar-refractivity contribution in [2.24, 2.45) is 0 Å². The number of carbonyl (C=O) groups is 1. The highest BCUT2D eigenvalue weighted by molar-refractivity contribution is 7.89. The molecule has 2 atom stereocenters. The molecule has 118 valence electrons. The minimum Gasteiger partial charge on any atom is -0.394 e. The number of aliphatic hydroxyl groups is 1. The van der Waals surface area contributed by atoms with E-state index < -0.39 is 10.0 Å². The predicted molar refractivity (Wildman–Crippen MR) is 80.5 cm³/mol. The van der Waals surface area contributed by atoms with E-state index in [1.165, 1.54) is 24.3 Å². The van der Waals surface area contributed by atoms with E-state index in [2.05, 4.69) is 10.0 Å². The first-order valence-corrected chi connectivity index (χ1v) is 8.32. The van der Waals surface area contributed by atoms with Crippen molar-refractivity contribution in [2.75, 3.05) is 6.61 Å². The second-order valence-corrected chi connectivity index (χ2v) is 6.73. The van der Waals surface area contributed by atoms with Gasteiger partial charge in [-0.3, -0.25) is 4.79 Å². The molecule has 0 saturated heterocycles. The van der Waals surface area contributed by atoms with Gasteiger partial charge in [0.25, 0.3) is 5.91 Å². The summed E-state index contributed by atoms with van der Waals surface area (Å²) in [6.45, 7) is 5.20. The van der Waals surface area contributed by atoms with Gasteiger partial charge in [0.2, 0.25) is 10.0 Å². The van der Waals surface area contributed by atoms with Crippen LogP contribution >= 0.6 is 0 Å². The number of sulfonamides is 1. The van der Waals surface area contributed by atoms with Crippen molar-refractivity contribution in [1.82, 2.24) is 10.0 Å². The summed E-state index contributed by atoms with van der Waals surface area (Å²) in [5.41, 5.74) is 0.345. The number of hydrogen-bond donors (Lipinski definition) is 3. The third kappa shape index (κ3) is 5.11. The van der Waals surface area contributed by atoms with Gasteiger partial charge in [-0.2, -0.15) is 0 Å². The van der Waals surface area contributed by atoms with E-state index in [-0.39, 0.29) is 29.5 Å². The molecule has 3 N–H and O–H groups in total. The van der Waals surface area contributed by atoms with E-state index in [1.54, 1.807) is 13.8 Å². The highest BCUT2D eigenvalue weighted by Crippen LogP contribution is 2.12. The van der Waals surface area contributed by atoms with Crippen LogP contribution in [-0.2, 0) is 10.0 Å². The Morgan fingerprint density at radius 2 is 1.76 bits per heavy atom. The Bertz CT molecular complexity index is 569. The van der Waals surface area contributed by atoms with E-state index in [4.69, 9.17) is 5.11 Å². The van der Waals surface area contributed by atoms with Crippen LogP contribution in [0.5, 0.6) is 0 Å². The van der Waals surface area contributed by atoms with Crippen molar-refractivity contribution in [2.45, 2.75) is 44.2 Å². The molecule has 21 heavy (non-hydrogen) atoms. The molecular weight excluding hydrogens is 292 g/mol. The summed E-state index contributed by atoms with van der Waals surface area (Å²) >= 11 is 0. The molecule has 0 aliphatic carbocycles. The summed E-state index contributed by atoms with van der Waals surface area (Å²) in [6.07, 6.45) is 0.693. The Kier molecular flexibility index (Phi) is 6.32. The molecule has 1 rings (SSSR count). The third-order valence-corrected chi connectivity index (χ3v) is 4.65. The van der Waals surface area contributed by atoms with Gasteiger partial charge >= 0.3 is 0 Å². The quantitative estimate of drug-likeness (QED) is 0.696. The lowest BCUT2D eigenvalue weighted by Gasteiger charge is -2.13. The fraction of sp³-hybridized carbons (Fsp3) is 0.500. The summed E-state index contributed by atoms with van der Waals surface area (Å²) in [5, 5.41) is 11.5. The Morgan fingerprint density at radius 1 is 1.19 bits per heavy atom. The van der Waals surface area contributed by atoms with Crippen molar-refractivity contribution in [3.05, 3.63) is 29.8 Å². The van der Waals surface area contributed by atoms with Gasteiger partial charge in [0.1, 0.15) is 0 Å². The normalized spacial score (nSPS) is 14.5. The van der Waals surface area contributed by atoms with Gasteiger partial charge in [0.15, 0.2) is 0 Å². The standard InChI is InChI=1S/C14H22N2O4S/c1-4-10(2)16-21(19,20)13-7-5-12(6-8-13)14(18)15-11(3)9-17/h5-8,10-11,16-17H,4,9H2,1-3H3,(H,15,18)/t10-,11-/m0/s1. The van der Waals surface area contributed by atoms with Crippen molar-refractivity contribution in [3.63, 3.8) is 0 Å². The molecule has 1 aromatic rings. The molecule has 1 aromatic carbocycles. The van der Waals surface area contributed by atoms with E-state index in [0.717, 1.165) is 0 Å². The minimum atomic E-state index is -3.56. The van der Waals surface area contributed by atoms with Gasteiger partial charge in [0, 0.05) is 17.6 Å². The van der Waals surface area contributed by atoms with Crippen LogP contribution in [0.2, 0.25) is 0 Å². The molecule has 0 spiro atoms. The third-order valence-electron chi connectivity index (χ3n) is 3.05. The van der Waals surface area contributed by atoms with Crippen LogP contribution in [0.3, 0.4) is 0 Å². The van der Waals surface area contributed by atoms with Crippen LogP contribution in [0.4, 0.5) is 0 Å². The highest BCUT2D eigenvalue weighted by Gasteiger charge is 2.17. The molecule has 0 aliphatic rings. The van der Waals surface area contributed by atoms with Crippen LogP contribution in [0.15, 0.2) is 29.2 Å². The van der Waals surface area contributed by atoms with E-state index in [1.807, 2.05) is 6.92 Å². The Morgan fingerprint density at radius 3 is 2.24 bits per heavy atom. The van der Waals surface area contributed by atoms with Crippen molar-refractivity contribution >= 4 is 15.9 Å².